The van der Waals surface area contributed by atoms with Crippen LogP contribution >= 0.6 is 0 Å². The molecule has 2 aromatic carbocycles. The number of methoxy groups -OCH3 is 2. The van der Waals surface area contributed by atoms with Crippen LogP contribution in [-0.4, -0.2) is 32.2 Å². The van der Waals surface area contributed by atoms with Crippen LogP contribution in [0, 0.1) is 0 Å². The molecule has 0 fully saturated rings. The molecule has 0 radical (unpaired) electrons. The fourth-order valence-corrected chi connectivity index (χ4v) is 3.05. The highest BCUT2D eigenvalue weighted by molar-refractivity contribution is 5.90. The molecule has 3 rings (SSSR count). The van der Waals surface area contributed by atoms with Crippen molar-refractivity contribution in [1.82, 2.24) is 5.32 Å². The summed E-state index contributed by atoms with van der Waals surface area (Å²) in [6.45, 7) is 1.54. The number of hydrogen-bond acceptors (Lipinski definition) is 6. The van der Waals surface area contributed by atoms with E-state index in [0.717, 1.165) is 17.7 Å². The summed E-state index contributed by atoms with van der Waals surface area (Å²) >= 11 is 0. The second kappa shape index (κ2) is 10.3. The van der Waals surface area contributed by atoms with E-state index in [1.54, 1.807) is 18.2 Å². The number of amides is 1. The molecule has 0 saturated carbocycles. The average molecular weight is 477 g/mol. The number of carbonyl (C=O) groups is 2. The van der Waals surface area contributed by atoms with Gasteiger partial charge in [0, 0.05) is 12.1 Å². The summed E-state index contributed by atoms with van der Waals surface area (Å²) < 4.78 is 59.6. The number of ether oxygens (including phenoxy) is 3. The van der Waals surface area contributed by atoms with Gasteiger partial charge in [0.05, 0.1) is 19.8 Å². The summed E-state index contributed by atoms with van der Waals surface area (Å²) in [4.78, 5) is 24.7. The van der Waals surface area contributed by atoms with Gasteiger partial charge in [-0.2, -0.15) is 13.2 Å². The molecule has 1 N–H and O–H groups in total. The molecule has 10 heteroatoms. The maximum atomic E-state index is 12.9. The Kier molecular flexibility index (Phi) is 7.50. The van der Waals surface area contributed by atoms with Crippen molar-refractivity contribution in [3.05, 3.63) is 71.5 Å². The molecule has 1 aromatic heterocycles. The third kappa shape index (κ3) is 5.89. The van der Waals surface area contributed by atoms with E-state index in [2.05, 4.69) is 5.32 Å². The summed E-state index contributed by atoms with van der Waals surface area (Å²) in [7, 11) is 3.01. The van der Waals surface area contributed by atoms with Crippen molar-refractivity contribution in [2.24, 2.45) is 0 Å². The van der Waals surface area contributed by atoms with E-state index in [0.29, 0.717) is 11.5 Å². The Morgan fingerprint density at radius 2 is 1.74 bits per heavy atom. The fourth-order valence-electron chi connectivity index (χ4n) is 3.05. The summed E-state index contributed by atoms with van der Waals surface area (Å²) in [6.07, 6.45) is -5.65. The first-order valence-electron chi connectivity index (χ1n) is 10.1. The van der Waals surface area contributed by atoms with Gasteiger partial charge in [0.25, 0.3) is 5.91 Å². The second-order valence-corrected chi connectivity index (χ2v) is 7.20. The van der Waals surface area contributed by atoms with E-state index in [9.17, 15) is 22.8 Å². The van der Waals surface area contributed by atoms with Gasteiger partial charge in [-0.1, -0.05) is 18.2 Å². The lowest BCUT2D eigenvalue weighted by molar-refractivity contribution is -0.137. The van der Waals surface area contributed by atoms with Crippen LogP contribution in [0.5, 0.6) is 11.5 Å². The average Bonchev–Trinajstić information content (AvgIpc) is 3.32. The van der Waals surface area contributed by atoms with Crippen molar-refractivity contribution in [1.29, 1.82) is 0 Å². The molecule has 1 heterocycles. The highest BCUT2D eigenvalue weighted by Gasteiger charge is 2.31. The maximum absolute atomic E-state index is 12.9. The fraction of sp³-hybridized carbons (Fsp3) is 0.250. The van der Waals surface area contributed by atoms with Gasteiger partial charge >= 0.3 is 12.1 Å². The molecule has 1 unspecified atom stereocenters. The van der Waals surface area contributed by atoms with Crippen LogP contribution in [0.1, 0.15) is 28.6 Å². The van der Waals surface area contributed by atoms with Crippen molar-refractivity contribution in [3.63, 3.8) is 0 Å². The highest BCUT2D eigenvalue weighted by Crippen LogP contribution is 2.33. The zero-order chi connectivity index (χ0) is 24.9. The molecule has 3 aromatic rings. The van der Waals surface area contributed by atoms with Gasteiger partial charge in [-0.3, -0.25) is 4.79 Å². The van der Waals surface area contributed by atoms with Crippen LogP contribution in [0.2, 0.25) is 0 Å². The number of hydrogen-bond donors (Lipinski definition) is 1. The predicted octanol–water partition coefficient (Wildman–Crippen LogP) is 4.84. The van der Waals surface area contributed by atoms with Crippen molar-refractivity contribution in [2.75, 3.05) is 14.2 Å². The van der Waals surface area contributed by atoms with E-state index in [1.807, 2.05) is 0 Å². The van der Waals surface area contributed by atoms with Crippen molar-refractivity contribution >= 4 is 11.9 Å². The number of furan rings is 1. The Morgan fingerprint density at radius 1 is 1.00 bits per heavy atom. The topological polar surface area (TPSA) is 87.0 Å². The first kappa shape index (κ1) is 24.7. The van der Waals surface area contributed by atoms with Gasteiger partial charge in [-0.15, -0.1) is 0 Å². The maximum Gasteiger partial charge on any atom is 0.416 e. The number of alkyl halides is 3. The Bertz CT molecular complexity index is 1170. The van der Waals surface area contributed by atoms with Crippen molar-refractivity contribution < 1.29 is 41.4 Å². The smallest absolute Gasteiger partial charge is 0.416 e. The van der Waals surface area contributed by atoms with Gasteiger partial charge < -0.3 is 23.9 Å². The number of halogens is 3. The minimum absolute atomic E-state index is 0.0589. The molecule has 0 bridgehead atoms. The largest absolute Gasteiger partial charge is 0.493 e. The van der Waals surface area contributed by atoms with E-state index in [-0.39, 0.29) is 23.6 Å². The van der Waals surface area contributed by atoms with E-state index in [1.165, 1.54) is 45.4 Å². The third-order valence-corrected chi connectivity index (χ3v) is 4.85. The Labute approximate surface area is 193 Å². The number of esters is 1. The molecule has 180 valence electrons. The molecule has 1 atom stereocenters. The molecule has 0 spiro atoms. The zero-order valence-corrected chi connectivity index (χ0v) is 18.6. The summed E-state index contributed by atoms with van der Waals surface area (Å²) in [5.74, 6) is -0.610. The number of carbonyl (C=O) groups excluding carboxylic acids is 2. The molecule has 0 aliphatic carbocycles. The van der Waals surface area contributed by atoms with Crippen LogP contribution in [0.4, 0.5) is 13.2 Å². The summed E-state index contributed by atoms with van der Waals surface area (Å²) in [6, 6.07) is 12.3. The SMILES string of the molecule is COc1ccc(CNC(=O)C(C)OC(=O)c2ccc(-c3cccc(C(F)(F)F)c3)o2)cc1OC. The molecule has 1 amide bonds. The lowest BCUT2D eigenvalue weighted by Crippen LogP contribution is -2.35. The minimum atomic E-state index is -4.51. The Hall–Kier alpha value is -3.95. The number of nitrogens with one attached hydrogen (secondary N) is 1. The molecule has 7 nitrogen and oxygen atoms in total. The van der Waals surface area contributed by atoms with Gasteiger partial charge in [0.2, 0.25) is 5.76 Å². The van der Waals surface area contributed by atoms with Crippen molar-refractivity contribution in [3.8, 4) is 22.8 Å². The predicted molar refractivity (Wildman–Crippen MR) is 115 cm³/mol. The van der Waals surface area contributed by atoms with Crippen LogP contribution in [0.3, 0.4) is 0 Å². The van der Waals surface area contributed by atoms with Crippen molar-refractivity contribution in [2.45, 2.75) is 25.7 Å². The standard InChI is InChI=1S/C24H22F3NO6/c1-14(22(29)28-13-15-7-8-19(31-2)21(11-15)32-3)33-23(30)20-10-9-18(34-20)16-5-4-6-17(12-16)24(25,26)27/h4-12,14H,13H2,1-3H3,(H,28,29). The normalized spacial score (nSPS) is 12.1. The van der Waals surface area contributed by atoms with E-state index in [4.69, 9.17) is 18.6 Å². The Morgan fingerprint density at radius 3 is 2.41 bits per heavy atom. The molecule has 0 aliphatic rings. The molecule has 34 heavy (non-hydrogen) atoms. The lowest BCUT2D eigenvalue weighted by atomic mass is 10.1. The van der Waals surface area contributed by atoms with Gasteiger partial charge in [0.15, 0.2) is 17.6 Å². The third-order valence-electron chi connectivity index (χ3n) is 4.85. The Balaban J connectivity index is 1.60. The first-order chi connectivity index (χ1) is 16.1. The van der Waals surface area contributed by atoms with Crippen LogP contribution in [0.25, 0.3) is 11.3 Å². The molecule has 0 aliphatic heterocycles. The van der Waals surface area contributed by atoms with Crippen LogP contribution in [-0.2, 0) is 22.3 Å². The summed E-state index contributed by atoms with van der Waals surface area (Å²) in [5, 5.41) is 2.65. The zero-order valence-electron chi connectivity index (χ0n) is 18.6. The molecular formula is C24H22F3NO6. The van der Waals surface area contributed by atoms with E-state index < -0.39 is 29.7 Å². The van der Waals surface area contributed by atoms with Gasteiger partial charge in [-0.25, -0.2) is 4.79 Å². The number of benzene rings is 2. The molecular weight excluding hydrogens is 455 g/mol. The van der Waals surface area contributed by atoms with Crippen LogP contribution in [0.15, 0.2) is 59.0 Å². The quantitative estimate of drug-likeness (QED) is 0.467. The van der Waals surface area contributed by atoms with E-state index >= 15 is 0 Å². The first-order valence-corrected chi connectivity index (χ1v) is 10.1. The molecule has 0 saturated heterocycles. The van der Waals surface area contributed by atoms with Crippen LogP contribution < -0.4 is 14.8 Å². The highest BCUT2D eigenvalue weighted by atomic mass is 19.4. The lowest BCUT2D eigenvalue weighted by Gasteiger charge is -2.14. The minimum Gasteiger partial charge on any atom is -0.493 e. The number of rotatable bonds is 8. The second-order valence-electron chi connectivity index (χ2n) is 7.20. The van der Waals surface area contributed by atoms with Gasteiger partial charge in [-0.05, 0) is 48.9 Å². The van der Waals surface area contributed by atoms with Gasteiger partial charge in [0.1, 0.15) is 5.76 Å². The summed E-state index contributed by atoms with van der Waals surface area (Å²) in [5.41, 5.74) is 0.0428. The monoisotopic (exact) mass is 477 g/mol.